The molecule has 1 aliphatic heterocycles. The highest BCUT2D eigenvalue weighted by Crippen LogP contribution is 2.38. The molecule has 1 fully saturated rings. The molecule has 3 rings (SSSR count). The molecule has 0 aliphatic carbocycles. The number of aliphatic carboxylic acids is 1. The van der Waals surface area contributed by atoms with Crippen LogP contribution in [0, 0.1) is 5.92 Å². The van der Waals surface area contributed by atoms with Crippen LogP contribution in [0.15, 0.2) is 53.4 Å². The van der Waals surface area contributed by atoms with E-state index < -0.39 is 26.8 Å². The molecule has 1 aliphatic rings. The minimum absolute atomic E-state index is 0.115. The average Bonchev–Trinajstić information content (AvgIpc) is 2.73. The zero-order chi connectivity index (χ0) is 23.5. The van der Waals surface area contributed by atoms with E-state index in [1.165, 1.54) is 17.3 Å². The molecule has 1 saturated heterocycles. The third-order valence-electron chi connectivity index (χ3n) is 5.60. The first-order valence-electron chi connectivity index (χ1n) is 10.8. The molecule has 8 heteroatoms. The molecule has 174 valence electrons. The molecule has 0 saturated carbocycles. The van der Waals surface area contributed by atoms with Crippen molar-refractivity contribution in [2.24, 2.45) is 5.92 Å². The van der Waals surface area contributed by atoms with Crippen LogP contribution in [0.5, 0.6) is 0 Å². The highest BCUT2D eigenvalue weighted by atomic mass is 32.2. The zero-order valence-electron chi connectivity index (χ0n) is 19.0. The van der Waals surface area contributed by atoms with Crippen molar-refractivity contribution in [3.05, 3.63) is 54.1 Å². The summed E-state index contributed by atoms with van der Waals surface area (Å²) in [5.74, 6) is 0.0434. The molecule has 0 amide bonds. The maximum atomic E-state index is 13.3. The van der Waals surface area contributed by atoms with Crippen molar-refractivity contribution in [3.63, 3.8) is 0 Å². The summed E-state index contributed by atoms with van der Waals surface area (Å²) >= 11 is 1.49. The van der Waals surface area contributed by atoms with Gasteiger partial charge in [0, 0.05) is 23.6 Å². The van der Waals surface area contributed by atoms with Gasteiger partial charge in [0.1, 0.15) is 6.04 Å². The van der Waals surface area contributed by atoms with Crippen LogP contribution < -0.4 is 5.32 Å². The van der Waals surface area contributed by atoms with Gasteiger partial charge in [0.05, 0.1) is 4.90 Å². The van der Waals surface area contributed by atoms with Crippen molar-refractivity contribution < 1.29 is 18.3 Å². The third kappa shape index (κ3) is 5.54. The first kappa shape index (κ1) is 24.8. The number of benzene rings is 2. The molecule has 1 atom stereocenters. The normalized spacial score (nSPS) is 19.2. The number of carboxylic acids is 1. The van der Waals surface area contributed by atoms with E-state index in [4.69, 9.17) is 0 Å². The predicted octanol–water partition coefficient (Wildman–Crippen LogP) is 4.07. The fourth-order valence-electron chi connectivity index (χ4n) is 3.91. The predicted molar refractivity (Wildman–Crippen MR) is 130 cm³/mol. The molecule has 2 N–H and O–H groups in total. The molecular formula is C24H32N2O4S2. The van der Waals surface area contributed by atoms with Gasteiger partial charge >= 0.3 is 5.97 Å². The molecule has 0 spiro atoms. The van der Waals surface area contributed by atoms with Gasteiger partial charge in [-0.2, -0.15) is 16.1 Å². The van der Waals surface area contributed by atoms with Crippen LogP contribution in [0.25, 0.3) is 11.1 Å². The fourth-order valence-corrected chi connectivity index (χ4v) is 7.00. The van der Waals surface area contributed by atoms with Crippen molar-refractivity contribution in [1.82, 2.24) is 9.62 Å². The SMILES string of the molecule is CC(C)CNCc1ccc(-c2ccc(S(=O)(=O)N3CCSC(C)(C)C3C(=O)O)cc2)cc1. The average molecular weight is 477 g/mol. The quantitative estimate of drug-likeness (QED) is 0.597. The third-order valence-corrected chi connectivity index (χ3v) is 8.83. The molecule has 1 heterocycles. The van der Waals surface area contributed by atoms with Gasteiger partial charge in [0.2, 0.25) is 10.0 Å². The van der Waals surface area contributed by atoms with Gasteiger partial charge in [-0.05, 0) is 55.1 Å². The monoisotopic (exact) mass is 476 g/mol. The van der Waals surface area contributed by atoms with Crippen molar-refractivity contribution >= 4 is 27.8 Å². The summed E-state index contributed by atoms with van der Waals surface area (Å²) in [7, 11) is -3.92. The van der Waals surface area contributed by atoms with Crippen LogP contribution in [0.3, 0.4) is 0 Å². The van der Waals surface area contributed by atoms with Crippen molar-refractivity contribution in [2.75, 3.05) is 18.8 Å². The number of carboxylic acid groups (broad SMARTS) is 1. The highest BCUT2D eigenvalue weighted by molar-refractivity contribution is 8.00. The lowest BCUT2D eigenvalue weighted by Gasteiger charge is -2.42. The first-order valence-corrected chi connectivity index (χ1v) is 13.2. The van der Waals surface area contributed by atoms with E-state index in [0.29, 0.717) is 11.7 Å². The number of nitrogens with zero attached hydrogens (tertiary/aromatic N) is 1. The summed E-state index contributed by atoms with van der Waals surface area (Å²) in [5, 5.41) is 13.1. The summed E-state index contributed by atoms with van der Waals surface area (Å²) in [6.45, 7) is 9.87. The van der Waals surface area contributed by atoms with Gasteiger partial charge < -0.3 is 10.4 Å². The van der Waals surface area contributed by atoms with Gasteiger partial charge in [-0.3, -0.25) is 4.79 Å². The first-order chi connectivity index (χ1) is 15.0. The lowest BCUT2D eigenvalue weighted by atomic mass is 10.0. The van der Waals surface area contributed by atoms with Gasteiger partial charge in [-0.25, -0.2) is 8.42 Å². The van der Waals surface area contributed by atoms with Crippen LogP contribution in [0.2, 0.25) is 0 Å². The molecule has 0 bridgehead atoms. The Morgan fingerprint density at radius 2 is 1.69 bits per heavy atom. The Hall–Kier alpha value is -1.87. The second-order valence-electron chi connectivity index (χ2n) is 9.05. The van der Waals surface area contributed by atoms with Crippen molar-refractivity contribution in [3.8, 4) is 11.1 Å². The zero-order valence-corrected chi connectivity index (χ0v) is 20.7. The van der Waals surface area contributed by atoms with Gasteiger partial charge in [0.15, 0.2) is 0 Å². The van der Waals surface area contributed by atoms with E-state index in [-0.39, 0.29) is 11.4 Å². The van der Waals surface area contributed by atoms with E-state index in [9.17, 15) is 18.3 Å². The second-order valence-corrected chi connectivity index (χ2v) is 12.7. The Morgan fingerprint density at radius 1 is 1.12 bits per heavy atom. The van der Waals surface area contributed by atoms with E-state index in [1.807, 2.05) is 12.1 Å². The number of rotatable bonds is 8. The number of sulfonamides is 1. The maximum absolute atomic E-state index is 13.3. The lowest BCUT2D eigenvalue weighted by molar-refractivity contribution is -0.142. The Bertz CT molecular complexity index is 1030. The van der Waals surface area contributed by atoms with Crippen LogP contribution >= 0.6 is 11.8 Å². The molecule has 1 unspecified atom stereocenters. The van der Waals surface area contributed by atoms with Crippen molar-refractivity contribution in [1.29, 1.82) is 0 Å². The van der Waals surface area contributed by atoms with Crippen LogP contribution in [0.1, 0.15) is 33.3 Å². The van der Waals surface area contributed by atoms with Crippen LogP contribution in [-0.4, -0.2) is 53.4 Å². The molecule has 6 nitrogen and oxygen atoms in total. The molecule has 32 heavy (non-hydrogen) atoms. The van der Waals surface area contributed by atoms with E-state index in [2.05, 4.69) is 31.3 Å². The Labute approximate surface area is 195 Å². The molecule has 0 radical (unpaired) electrons. The lowest BCUT2D eigenvalue weighted by Crippen LogP contribution is -2.58. The topological polar surface area (TPSA) is 86.7 Å². The van der Waals surface area contributed by atoms with E-state index >= 15 is 0 Å². The number of hydrogen-bond acceptors (Lipinski definition) is 5. The largest absolute Gasteiger partial charge is 0.480 e. The van der Waals surface area contributed by atoms with E-state index in [1.54, 1.807) is 38.1 Å². The Morgan fingerprint density at radius 3 is 2.22 bits per heavy atom. The minimum atomic E-state index is -3.92. The summed E-state index contributed by atoms with van der Waals surface area (Å²) in [6, 6.07) is 13.8. The highest BCUT2D eigenvalue weighted by Gasteiger charge is 2.48. The summed E-state index contributed by atoms with van der Waals surface area (Å²) in [6.07, 6.45) is 0. The van der Waals surface area contributed by atoms with Crippen LogP contribution in [0.4, 0.5) is 0 Å². The summed E-state index contributed by atoms with van der Waals surface area (Å²) in [5.41, 5.74) is 3.11. The summed E-state index contributed by atoms with van der Waals surface area (Å²) < 4.78 is 27.0. The van der Waals surface area contributed by atoms with Gasteiger partial charge in [-0.1, -0.05) is 50.2 Å². The smallest absolute Gasteiger partial charge is 0.323 e. The number of hydrogen-bond donors (Lipinski definition) is 2. The van der Waals surface area contributed by atoms with Crippen LogP contribution in [-0.2, 0) is 21.4 Å². The van der Waals surface area contributed by atoms with E-state index in [0.717, 1.165) is 28.5 Å². The second kappa shape index (κ2) is 9.95. The number of carbonyl (C=O) groups is 1. The maximum Gasteiger partial charge on any atom is 0.323 e. The number of thioether (sulfide) groups is 1. The minimum Gasteiger partial charge on any atom is -0.480 e. The molecular weight excluding hydrogens is 444 g/mol. The Balaban J connectivity index is 1.78. The van der Waals surface area contributed by atoms with Gasteiger partial charge in [0.25, 0.3) is 0 Å². The number of nitrogens with one attached hydrogen (secondary N) is 1. The van der Waals surface area contributed by atoms with Crippen molar-refractivity contribution in [2.45, 2.75) is 49.9 Å². The fraction of sp³-hybridized carbons (Fsp3) is 0.458. The Kier molecular flexibility index (Phi) is 7.70. The molecule has 2 aromatic carbocycles. The molecule has 0 aromatic heterocycles. The molecule has 2 aromatic rings. The summed E-state index contributed by atoms with van der Waals surface area (Å²) in [4.78, 5) is 12.0. The van der Waals surface area contributed by atoms with Gasteiger partial charge in [-0.15, -0.1) is 0 Å². The standard InChI is InChI=1S/C24H32N2O4S2/c1-17(2)15-25-16-18-5-7-19(8-6-18)20-9-11-21(12-10-20)32(29,30)26-13-14-31-24(3,4)22(26)23(27)28/h5-12,17,22,25H,13-16H2,1-4H3,(H,27,28).